The normalized spacial score (nSPS) is 20.9. The van der Waals surface area contributed by atoms with Gasteiger partial charge in [0.05, 0.1) is 12.5 Å². The minimum Gasteiger partial charge on any atom is -0.508 e. The minimum atomic E-state index is -0.703. The Hall–Kier alpha value is -2.78. The maximum Gasteiger partial charge on any atom is 0.226 e. The number of aromatic hydroxyl groups is 1. The van der Waals surface area contributed by atoms with E-state index in [1.165, 1.54) is 0 Å². The smallest absolute Gasteiger partial charge is 0.226 e. The molecule has 1 amide bonds. The molecule has 1 aromatic rings. The van der Waals surface area contributed by atoms with Gasteiger partial charge in [0.25, 0.3) is 0 Å². The Bertz CT molecular complexity index is 855. The lowest BCUT2D eigenvalue weighted by Crippen LogP contribution is -2.58. The van der Waals surface area contributed by atoms with Crippen LogP contribution in [0.2, 0.25) is 0 Å². The van der Waals surface area contributed by atoms with Crippen molar-refractivity contribution in [1.82, 2.24) is 10.2 Å². The summed E-state index contributed by atoms with van der Waals surface area (Å²) in [6.45, 7) is 7.33. The van der Waals surface area contributed by atoms with Crippen molar-refractivity contribution in [2.45, 2.75) is 57.2 Å². The van der Waals surface area contributed by atoms with Crippen molar-refractivity contribution in [1.29, 1.82) is 5.26 Å². The molecule has 0 spiro atoms. The minimum absolute atomic E-state index is 0.0698. The van der Waals surface area contributed by atoms with Crippen LogP contribution in [0.25, 0.3) is 0 Å². The van der Waals surface area contributed by atoms with Crippen LogP contribution in [-0.4, -0.2) is 40.8 Å². The summed E-state index contributed by atoms with van der Waals surface area (Å²) >= 11 is 0. The van der Waals surface area contributed by atoms with Crippen molar-refractivity contribution in [3.63, 3.8) is 0 Å². The third-order valence-electron chi connectivity index (χ3n) is 5.58. The molecule has 0 bridgehead atoms. The number of carbonyl (C=O) groups is 1. The van der Waals surface area contributed by atoms with E-state index in [9.17, 15) is 15.2 Å². The zero-order valence-corrected chi connectivity index (χ0v) is 17.3. The van der Waals surface area contributed by atoms with Crippen LogP contribution in [0.4, 0.5) is 0 Å². The van der Waals surface area contributed by atoms with E-state index in [0.717, 1.165) is 5.56 Å². The number of nitriles is 1. The second kappa shape index (κ2) is 8.30. The fourth-order valence-electron chi connectivity index (χ4n) is 3.74. The Morgan fingerprint density at radius 1 is 1.34 bits per heavy atom. The van der Waals surface area contributed by atoms with Crippen molar-refractivity contribution in [3.8, 4) is 11.8 Å². The van der Waals surface area contributed by atoms with Crippen molar-refractivity contribution in [2.24, 2.45) is 0 Å². The van der Waals surface area contributed by atoms with E-state index in [1.807, 2.05) is 41.5 Å². The van der Waals surface area contributed by atoms with Crippen molar-refractivity contribution in [3.05, 3.63) is 53.8 Å². The van der Waals surface area contributed by atoms with Gasteiger partial charge in [0.2, 0.25) is 5.91 Å². The van der Waals surface area contributed by atoms with Gasteiger partial charge in [0.15, 0.2) is 0 Å². The number of hydrogen-bond donors (Lipinski definition) is 2. The fraction of sp³-hybridized carbons (Fsp3) is 0.478. The zero-order valence-electron chi connectivity index (χ0n) is 17.3. The monoisotopic (exact) mass is 395 g/mol. The maximum atomic E-state index is 12.8. The molecule has 2 heterocycles. The van der Waals surface area contributed by atoms with Crippen LogP contribution in [0, 0.1) is 11.3 Å². The molecule has 1 unspecified atom stereocenters. The summed E-state index contributed by atoms with van der Waals surface area (Å²) < 4.78 is 5.43. The van der Waals surface area contributed by atoms with Crippen LogP contribution in [0.5, 0.6) is 5.75 Å². The summed E-state index contributed by atoms with van der Waals surface area (Å²) in [6, 6.07) is 7.86. The highest BCUT2D eigenvalue weighted by molar-refractivity contribution is 5.80. The fourth-order valence-corrected chi connectivity index (χ4v) is 3.74. The predicted molar refractivity (Wildman–Crippen MR) is 111 cm³/mol. The lowest BCUT2D eigenvalue weighted by Gasteiger charge is -2.45. The first-order valence-electron chi connectivity index (χ1n) is 9.99. The maximum absolute atomic E-state index is 12.8. The van der Waals surface area contributed by atoms with Gasteiger partial charge in [0.1, 0.15) is 17.5 Å². The number of phenols is 1. The Labute approximate surface area is 172 Å². The molecule has 0 aliphatic carbocycles. The molecule has 1 saturated heterocycles. The van der Waals surface area contributed by atoms with E-state index in [2.05, 4.69) is 32.2 Å². The SMILES string of the molecule is CC(C)(C)c1ccc(O)c(CC(=O)NC2C=CC=CN2C2(C#N)CCOCC2)c1. The third kappa shape index (κ3) is 4.63. The number of ether oxygens (including phenoxy) is 1. The first kappa shape index (κ1) is 20.9. The second-order valence-corrected chi connectivity index (χ2v) is 8.67. The number of benzene rings is 1. The number of nitrogens with zero attached hydrogens (tertiary/aromatic N) is 2. The summed E-state index contributed by atoms with van der Waals surface area (Å²) in [6.07, 6.45) is 8.29. The van der Waals surface area contributed by atoms with Gasteiger partial charge in [-0.3, -0.25) is 4.79 Å². The molecule has 6 heteroatoms. The predicted octanol–water partition coefficient (Wildman–Crippen LogP) is 3.13. The first-order chi connectivity index (χ1) is 13.7. The molecule has 6 nitrogen and oxygen atoms in total. The molecule has 1 atom stereocenters. The number of carbonyl (C=O) groups excluding carboxylic acids is 1. The molecule has 1 fully saturated rings. The first-order valence-corrected chi connectivity index (χ1v) is 9.99. The summed E-state index contributed by atoms with van der Waals surface area (Å²) in [5.41, 5.74) is 0.879. The lowest BCUT2D eigenvalue weighted by atomic mass is 9.85. The average Bonchev–Trinajstić information content (AvgIpc) is 2.69. The van der Waals surface area contributed by atoms with E-state index < -0.39 is 11.7 Å². The van der Waals surface area contributed by atoms with Crippen molar-refractivity contribution >= 4 is 5.91 Å². The molecular weight excluding hydrogens is 366 g/mol. The molecule has 1 aromatic carbocycles. The van der Waals surface area contributed by atoms with Gasteiger partial charge in [-0.2, -0.15) is 5.26 Å². The Morgan fingerprint density at radius 2 is 2.07 bits per heavy atom. The van der Waals surface area contributed by atoms with E-state index in [4.69, 9.17) is 4.74 Å². The Morgan fingerprint density at radius 3 is 2.72 bits per heavy atom. The van der Waals surface area contributed by atoms with Crippen LogP contribution in [0.3, 0.4) is 0 Å². The van der Waals surface area contributed by atoms with Gasteiger partial charge in [-0.1, -0.05) is 39.0 Å². The number of allylic oxidation sites excluding steroid dienone is 2. The zero-order chi connectivity index (χ0) is 21.1. The summed E-state index contributed by atoms with van der Waals surface area (Å²) in [5.74, 6) is -0.0940. The number of rotatable bonds is 4. The summed E-state index contributed by atoms with van der Waals surface area (Å²) in [7, 11) is 0. The molecule has 2 N–H and O–H groups in total. The second-order valence-electron chi connectivity index (χ2n) is 8.67. The van der Waals surface area contributed by atoms with E-state index in [0.29, 0.717) is 31.6 Å². The molecule has 154 valence electrons. The highest BCUT2D eigenvalue weighted by Gasteiger charge is 2.41. The van der Waals surface area contributed by atoms with E-state index in [1.54, 1.807) is 6.07 Å². The van der Waals surface area contributed by atoms with Gasteiger partial charge in [-0.15, -0.1) is 0 Å². The topological polar surface area (TPSA) is 85.6 Å². The Kier molecular flexibility index (Phi) is 5.99. The molecule has 2 aliphatic heterocycles. The van der Waals surface area contributed by atoms with Crippen molar-refractivity contribution in [2.75, 3.05) is 13.2 Å². The van der Waals surface area contributed by atoms with Crippen LogP contribution < -0.4 is 5.32 Å². The van der Waals surface area contributed by atoms with Crippen LogP contribution in [0.1, 0.15) is 44.7 Å². The van der Waals surface area contributed by atoms with Gasteiger partial charge in [-0.05, 0) is 29.2 Å². The molecular formula is C23H29N3O3. The lowest BCUT2D eigenvalue weighted by molar-refractivity contribution is -0.122. The molecule has 0 aromatic heterocycles. The van der Waals surface area contributed by atoms with E-state index >= 15 is 0 Å². The van der Waals surface area contributed by atoms with Gasteiger partial charge in [0, 0.05) is 37.8 Å². The van der Waals surface area contributed by atoms with Gasteiger partial charge >= 0.3 is 0 Å². The summed E-state index contributed by atoms with van der Waals surface area (Å²) in [4.78, 5) is 14.7. The molecule has 29 heavy (non-hydrogen) atoms. The third-order valence-corrected chi connectivity index (χ3v) is 5.58. The Balaban J connectivity index is 1.75. The van der Waals surface area contributed by atoms with Crippen LogP contribution in [0.15, 0.2) is 42.6 Å². The average molecular weight is 396 g/mol. The standard InChI is InChI=1S/C23H29N3O3/c1-22(2,3)18-7-8-19(27)17(14-18)15-21(28)25-20-6-4-5-11-26(20)23(16-24)9-12-29-13-10-23/h4-8,11,14,20,27H,9-10,12-13,15H2,1-3H3,(H,25,28). The molecule has 2 aliphatic rings. The van der Waals surface area contributed by atoms with Crippen molar-refractivity contribution < 1.29 is 14.6 Å². The van der Waals surface area contributed by atoms with Crippen LogP contribution >= 0.6 is 0 Å². The number of nitrogens with one attached hydrogen (secondary N) is 1. The highest BCUT2D eigenvalue weighted by atomic mass is 16.5. The highest BCUT2D eigenvalue weighted by Crippen LogP contribution is 2.31. The number of amides is 1. The van der Waals surface area contributed by atoms with E-state index in [-0.39, 0.29) is 23.5 Å². The number of hydrogen-bond acceptors (Lipinski definition) is 5. The van der Waals surface area contributed by atoms with Crippen LogP contribution in [-0.2, 0) is 21.4 Å². The quantitative estimate of drug-likeness (QED) is 0.818. The van der Waals surface area contributed by atoms with Gasteiger partial charge in [-0.25, -0.2) is 0 Å². The van der Waals surface area contributed by atoms with Gasteiger partial charge < -0.3 is 20.1 Å². The number of phenolic OH excluding ortho intramolecular Hbond substituents is 1. The largest absolute Gasteiger partial charge is 0.508 e. The molecule has 0 saturated carbocycles. The molecule has 0 radical (unpaired) electrons. The molecule has 3 rings (SSSR count). The summed E-state index contributed by atoms with van der Waals surface area (Å²) in [5, 5.41) is 23.1.